The number of nitrogens with zero attached hydrogens (tertiary/aromatic N) is 2. The number of benzene rings is 1. The molecule has 1 fully saturated rings. The van der Waals surface area contributed by atoms with Crippen LogP contribution in [0, 0.1) is 5.82 Å². The van der Waals surface area contributed by atoms with Crippen molar-refractivity contribution in [3.05, 3.63) is 41.3 Å². The van der Waals surface area contributed by atoms with Crippen LogP contribution >= 0.6 is 11.6 Å². The van der Waals surface area contributed by atoms with Gasteiger partial charge in [0.25, 0.3) is 5.92 Å². The zero-order chi connectivity index (χ0) is 17.1. The molecule has 0 bridgehead atoms. The van der Waals surface area contributed by atoms with E-state index in [1.54, 1.807) is 6.07 Å². The molecule has 0 aliphatic carbocycles. The summed E-state index contributed by atoms with van der Waals surface area (Å²) < 4.78 is 44.0. The first-order valence-corrected chi connectivity index (χ1v) is 7.77. The monoisotopic (exact) mass is 355 g/mol. The minimum Gasteiger partial charge on any atom is -0.389 e. The molecule has 1 saturated heterocycles. The standard InChI is InChI=1S/C16H13ClF3N3O/c17-8-3-11-10-4-9(18)1-2-12(10)23(15(11)22-5-8)14-13(24)6-21-7-16(14,19)20/h1-5,13-14,21,24H,6-7H2/t13-,14+/m1/s1. The number of nitrogens with one attached hydrogen (secondary N) is 1. The second kappa shape index (κ2) is 5.34. The van der Waals surface area contributed by atoms with E-state index in [0.29, 0.717) is 21.3 Å². The number of rotatable bonds is 1. The fourth-order valence-electron chi connectivity index (χ4n) is 3.40. The molecule has 0 saturated carbocycles. The van der Waals surface area contributed by atoms with E-state index in [2.05, 4.69) is 10.3 Å². The first kappa shape index (κ1) is 15.7. The second-order valence-corrected chi connectivity index (χ2v) is 6.40. The van der Waals surface area contributed by atoms with Crippen molar-refractivity contribution in [2.24, 2.45) is 0 Å². The number of alkyl halides is 2. The van der Waals surface area contributed by atoms with Crippen LogP contribution in [0.15, 0.2) is 30.5 Å². The van der Waals surface area contributed by atoms with E-state index < -0.39 is 30.4 Å². The Labute approximate surface area is 139 Å². The first-order valence-electron chi connectivity index (χ1n) is 7.40. The maximum Gasteiger partial charge on any atom is 0.283 e. The normalized spacial score (nSPS) is 23.9. The highest BCUT2D eigenvalue weighted by molar-refractivity contribution is 6.31. The van der Waals surface area contributed by atoms with E-state index in [0.717, 1.165) is 0 Å². The van der Waals surface area contributed by atoms with E-state index in [4.69, 9.17) is 11.6 Å². The summed E-state index contributed by atoms with van der Waals surface area (Å²) in [5.74, 6) is -3.68. The van der Waals surface area contributed by atoms with E-state index in [1.165, 1.54) is 29.0 Å². The highest BCUT2D eigenvalue weighted by atomic mass is 35.5. The summed E-state index contributed by atoms with van der Waals surface area (Å²) in [6, 6.07) is 3.94. The molecule has 2 N–H and O–H groups in total. The van der Waals surface area contributed by atoms with Gasteiger partial charge in [0.2, 0.25) is 0 Å². The highest BCUT2D eigenvalue weighted by Crippen LogP contribution is 2.40. The molecule has 126 valence electrons. The summed E-state index contributed by atoms with van der Waals surface area (Å²) in [6.45, 7) is -0.513. The minimum atomic E-state index is -3.19. The van der Waals surface area contributed by atoms with E-state index in [-0.39, 0.29) is 12.2 Å². The van der Waals surface area contributed by atoms with E-state index >= 15 is 0 Å². The third-order valence-electron chi connectivity index (χ3n) is 4.36. The average Bonchev–Trinajstić information content (AvgIpc) is 2.80. The van der Waals surface area contributed by atoms with Crippen molar-refractivity contribution in [2.75, 3.05) is 13.1 Å². The third-order valence-corrected chi connectivity index (χ3v) is 4.57. The lowest BCUT2D eigenvalue weighted by Gasteiger charge is -2.37. The predicted octanol–water partition coefficient (Wildman–Crippen LogP) is 3.12. The van der Waals surface area contributed by atoms with Crippen LogP contribution in [-0.2, 0) is 0 Å². The lowest BCUT2D eigenvalue weighted by Crippen LogP contribution is -2.54. The van der Waals surface area contributed by atoms with Crippen molar-refractivity contribution < 1.29 is 18.3 Å². The Morgan fingerprint density at radius 3 is 2.83 bits per heavy atom. The largest absolute Gasteiger partial charge is 0.389 e. The number of aromatic nitrogens is 2. The molecule has 2 atom stereocenters. The Bertz CT molecular complexity index is 884. The number of aliphatic hydroxyl groups excluding tert-OH is 1. The molecule has 8 heteroatoms. The van der Waals surface area contributed by atoms with Gasteiger partial charge in [0, 0.05) is 23.5 Å². The zero-order valence-electron chi connectivity index (χ0n) is 12.3. The Hall–Kier alpha value is -1.83. The van der Waals surface area contributed by atoms with Gasteiger partial charge in [-0.05, 0) is 24.3 Å². The fraction of sp³-hybridized carbons (Fsp3) is 0.312. The van der Waals surface area contributed by atoms with Gasteiger partial charge >= 0.3 is 0 Å². The number of β-amino-alcohol motifs (C(OH)–C–C–N with tert-alkyl or cyclic N) is 1. The summed E-state index contributed by atoms with van der Waals surface area (Å²) in [5, 5.41) is 14.0. The van der Waals surface area contributed by atoms with E-state index in [9.17, 15) is 18.3 Å². The Morgan fingerprint density at radius 1 is 1.29 bits per heavy atom. The predicted molar refractivity (Wildman–Crippen MR) is 85.1 cm³/mol. The van der Waals surface area contributed by atoms with Crippen molar-refractivity contribution in [2.45, 2.75) is 18.1 Å². The number of hydrogen-bond acceptors (Lipinski definition) is 3. The molecule has 0 amide bonds. The van der Waals surface area contributed by atoms with Crippen molar-refractivity contribution in [1.82, 2.24) is 14.9 Å². The fourth-order valence-corrected chi connectivity index (χ4v) is 3.56. The molecule has 0 radical (unpaired) electrons. The number of pyridine rings is 1. The zero-order valence-corrected chi connectivity index (χ0v) is 13.1. The molecular weight excluding hydrogens is 343 g/mol. The van der Waals surface area contributed by atoms with Gasteiger partial charge in [0.05, 0.1) is 23.2 Å². The quantitative estimate of drug-likeness (QED) is 0.705. The first-order chi connectivity index (χ1) is 11.4. The van der Waals surface area contributed by atoms with Crippen LogP contribution in [-0.4, -0.2) is 39.8 Å². The van der Waals surface area contributed by atoms with Crippen LogP contribution in [0.25, 0.3) is 21.9 Å². The molecule has 1 aromatic carbocycles. The highest BCUT2D eigenvalue weighted by Gasteiger charge is 2.49. The minimum absolute atomic E-state index is 0.0379. The van der Waals surface area contributed by atoms with Gasteiger partial charge < -0.3 is 15.0 Å². The molecule has 2 aromatic heterocycles. The summed E-state index contributed by atoms with van der Waals surface area (Å²) in [4.78, 5) is 4.17. The van der Waals surface area contributed by atoms with Gasteiger partial charge in [-0.1, -0.05) is 11.6 Å². The van der Waals surface area contributed by atoms with Crippen LogP contribution in [0.5, 0.6) is 0 Å². The van der Waals surface area contributed by atoms with Gasteiger partial charge in [0.15, 0.2) is 0 Å². The van der Waals surface area contributed by atoms with Gasteiger partial charge in [0.1, 0.15) is 17.5 Å². The summed E-state index contributed by atoms with van der Waals surface area (Å²) in [5.41, 5.74) is 0.623. The molecule has 1 aliphatic rings. The van der Waals surface area contributed by atoms with Crippen molar-refractivity contribution in [3.8, 4) is 0 Å². The molecule has 0 spiro atoms. The van der Waals surface area contributed by atoms with Gasteiger partial charge in [-0.25, -0.2) is 18.2 Å². The summed E-state index contributed by atoms with van der Waals surface area (Å²) in [7, 11) is 0. The molecule has 3 heterocycles. The third kappa shape index (κ3) is 2.27. The van der Waals surface area contributed by atoms with Crippen LogP contribution < -0.4 is 5.32 Å². The maximum absolute atomic E-state index is 14.5. The van der Waals surface area contributed by atoms with Gasteiger partial charge in [-0.2, -0.15) is 0 Å². The lowest BCUT2D eigenvalue weighted by molar-refractivity contribution is -0.110. The summed E-state index contributed by atoms with van der Waals surface area (Å²) in [6.07, 6.45) is 0.0383. The van der Waals surface area contributed by atoms with E-state index in [1.807, 2.05) is 0 Å². The molecule has 3 aromatic rings. The maximum atomic E-state index is 14.5. The molecule has 4 nitrogen and oxygen atoms in total. The van der Waals surface area contributed by atoms with Crippen LogP contribution in [0.1, 0.15) is 6.04 Å². The van der Waals surface area contributed by atoms with Crippen molar-refractivity contribution in [1.29, 1.82) is 0 Å². The Kier molecular flexibility index (Phi) is 3.49. The molecule has 4 rings (SSSR count). The number of halogens is 4. The van der Waals surface area contributed by atoms with Crippen molar-refractivity contribution in [3.63, 3.8) is 0 Å². The van der Waals surface area contributed by atoms with Crippen molar-refractivity contribution >= 4 is 33.5 Å². The number of aliphatic hydroxyl groups is 1. The topological polar surface area (TPSA) is 50.1 Å². The number of piperidine rings is 1. The lowest BCUT2D eigenvalue weighted by atomic mass is 9.99. The van der Waals surface area contributed by atoms with Gasteiger partial charge in [-0.15, -0.1) is 0 Å². The molecule has 24 heavy (non-hydrogen) atoms. The van der Waals surface area contributed by atoms with Gasteiger partial charge in [-0.3, -0.25) is 0 Å². The van der Waals surface area contributed by atoms with Crippen LogP contribution in [0.2, 0.25) is 5.02 Å². The van der Waals surface area contributed by atoms with Crippen LogP contribution in [0.3, 0.4) is 0 Å². The number of fused-ring (bicyclic) bond motifs is 3. The Balaban J connectivity index is 2.10. The molecule has 0 unspecified atom stereocenters. The SMILES string of the molecule is O[C@@H]1CNCC(F)(F)[C@H]1n1c2ccc(F)cc2c2cc(Cl)cnc21. The molecule has 1 aliphatic heterocycles. The van der Waals surface area contributed by atoms with Crippen LogP contribution in [0.4, 0.5) is 13.2 Å². The average molecular weight is 356 g/mol. The smallest absolute Gasteiger partial charge is 0.283 e. The summed E-state index contributed by atoms with van der Waals surface area (Å²) >= 11 is 5.97. The Morgan fingerprint density at radius 2 is 2.08 bits per heavy atom. The number of hydrogen-bond donors (Lipinski definition) is 2. The second-order valence-electron chi connectivity index (χ2n) is 5.96. The molecular formula is C16H13ClF3N3O.